The summed E-state index contributed by atoms with van der Waals surface area (Å²) in [6.45, 7) is 0.0330. The quantitative estimate of drug-likeness (QED) is 0.773. The molecule has 5 heteroatoms. The van der Waals surface area contributed by atoms with Crippen molar-refractivity contribution in [3.05, 3.63) is 52.8 Å². The van der Waals surface area contributed by atoms with Gasteiger partial charge in [0, 0.05) is 11.8 Å². The summed E-state index contributed by atoms with van der Waals surface area (Å²) in [5.74, 6) is -1.16. The van der Waals surface area contributed by atoms with Gasteiger partial charge in [0.1, 0.15) is 11.6 Å². The Labute approximate surface area is 90.1 Å². The van der Waals surface area contributed by atoms with Crippen molar-refractivity contribution in [3.63, 3.8) is 0 Å². The number of hydrogen-bond acceptors (Lipinski definition) is 1. The summed E-state index contributed by atoms with van der Waals surface area (Å²) in [7, 11) is 0. The van der Waals surface area contributed by atoms with Gasteiger partial charge in [0.25, 0.3) is 0 Å². The molecule has 0 unspecified atom stereocenters. The maximum atomic E-state index is 13.2. The molecular formula is C10H7ClF2N2. The second-order valence-corrected chi connectivity index (χ2v) is 3.49. The van der Waals surface area contributed by atoms with E-state index in [9.17, 15) is 8.78 Å². The number of rotatable bonds is 2. The fourth-order valence-corrected chi connectivity index (χ4v) is 1.43. The normalized spacial score (nSPS) is 10.6. The highest BCUT2D eigenvalue weighted by Crippen LogP contribution is 2.14. The zero-order valence-corrected chi connectivity index (χ0v) is 8.38. The van der Waals surface area contributed by atoms with Crippen molar-refractivity contribution in [3.8, 4) is 0 Å². The minimum absolute atomic E-state index is 0.0164. The minimum atomic E-state index is -0.582. The Bertz CT molecular complexity index is 462. The predicted octanol–water partition coefficient (Wildman–Crippen LogP) is 2.86. The Balaban J connectivity index is 2.31. The summed E-state index contributed by atoms with van der Waals surface area (Å²) in [4.78, 5) is 0. The monoisotopic (exact) mass is 228 g/mol. The Morgan fingerprint density at radius 1 is 1.27 bits per heavy atom. The molecule has 0 fully saturated rings. The van der Waals surface area contributed by atoms with Crippen LogP contribution >= 0.6 is 11.6 Å². The molecule has 2 aromatic rings. The van der Waals surface area contributed by atoms with Gasteiger partial charge >= 0.3 is 0 Å². The van der Waals surface area contributed by atoms with Gasteiger partial charge in [0.2, 0.25) is 0 Å². The van der Waals surface area contributed by atoms with E-state index in [0.717, 1.165) is 0 Å². The number of benzene rings is 1. The van der Waals surface area contributed by atoms with Gasteiger partial charge in [-0.05, 0) is 12.1 Å². The van der Waals surface area contributed by atoms with Crippen molar-refractivity contribution in [1.82, 2.24) is 9.78 Å². The Morgan fingerprint density at radius 3 is 2.47 bits per heavy atom. The summed E-state index contributed by atoms with van der Waals surface area (Å²) >= 11 is 5.64. The van der Waals surface area contributed by atoms with E-state index in [2.05, 4.69) is 5.10 Å². The summed E-state index contributed by atoms with van der Waals surface area (Å²) in [6.07, 6.45) is 2.92. The third-order valence-electron chi connectivity index (χ3n) is 1.98. The summed E-state index contributed by atoms with van der Waals surface area (Å²) < 4.78 is 27.8. The number of aromatic nitrogens is 2. The van der Waals surface area contributed by atoms with Crippen molar-refractivity contribution in [2.24, 2.45) is 0 Å². The first-order valence-corrected chi connectivity index (χ1v) is 4.65. The first-order valence-electron chi connectivity index (χ1n) is 4.27. The topological polar surface area (TPSA) is 17.8 Å². The average Bonchev–Trinajstić information content (AvgIpc) is 2.58. The summed E-state index contributed by atoms with van der Waals surface area (Å²) in [6, 6.07) is 3.75. The second-order valence-electron chi connectivity index (χ2n) is 3.06. The van der Waals surface area contributed by atoms with Crippen molar-refractivity contribution in [2.45, 2.75) is 6.54 Å². The molecule has 0 aliphatic rings. The number of hydrogen-bond donors (Lipinski definition) is 0. The molecule has 0 atom stereocenters. The van der Waals surface area contributed by atoms with Crippen LogP contribution in [-0.4, -0.2) is 9.78 Å². The van der Waals surface area contributed by atoms with E-state index in [0.29, 0.717) is 5.02 Å². The van der Waals surface area contributed by atoms with E-state index in [1.165, 1.54) is 35.3 Å². The van der Waals surface area contributed by atoms with Gasteiger partial charge in [-0.25, -0.2) is 8.78 Å². The molecule has 0 saturated carbocycles. The molecule has 0 N–H and O–H groups in total. The van der Waals surface area contributed by atoms with Gasteiger partial charge < -0.3 is 0 Å². The van der Waals surface area contributed by atoms with Crippen molar-refractivity contribution >= 4 is 11.6 Å². The van der Waals surface area contributed by atoms with Crippen LogP contribution in [0.3, 0.4) is 0 Å². The predicted molar refractivity (Wildman–Crippen MR) is 52.7 cm³/mol. The van der Waals surface area contributed by atoms with Crippen LogP contribution in [0.4, 0.5) is 8.78 Å². The zero-order chi connectivity index (χ0) is 10.8. The van der Waals surface area contributed by atoms with E-state index in [-0.39, 0.29) is 12.1 Å². The molecule has 15 heavy (non-hydrogen) atoms. The lowest BCUT2D eigenvalue weighted by atomic mass is 10.2. The van der Waals surface area contributed by atoms with Crippen molar-refractivity contribution in [2.75, 3.05) is 0 Å². The highest BCUT2D eigenvalue weighted by Gasteiger charge is 2.09. The van der Waals surface area contributed by atoms with E-state index in [4.69, 9.17) is 11.6 Å². The molecule has 0 bridgehead atoms. The highest BCUT2D eigenvalue weighted by molar-refractivity contribution is 6.30. The Hall–Kier alpha value is -1.42. The highest BCUT2D eigenvalue weighted by atomic mass is 35.5. The lowest BCUT2D eigenvalue weighted by molar-refractivity contribution is 0.533. The molecule has 1 aromatic heterocycles. The molecule has 0 saturated heterocycles. The average molecular weight is 229 g/mol. The zero-order valence-electron chi connectivity index (χ0n) is 7.62. The number of halogens is 3. The molecule has 0 spiro atoms. The van der Waals surface area contributed by atoms with Crippen LogP contribution in [0.1, 0.15) is 5.56 Å². The van der Waals surface area contributed by atoms with Gasteiger partial charge in [-0.3, -0.25) is 4.68 Å². The fourth-order valence-electron chi connectivity index (χ4n) is 1.27. The molecule has 78 valence electrons. The second kappa shape index (κ2) is 3.98. The number of nitrogens with zero attached hydrogens (tertiary/aromatic N) is 2. The van der Waals surface area contributed by atoms with Crippen LogP contribution in [0.2, 0.25) is 5.02 Å². The van der Waals surface area contributed by atoms with Crippen molar-refractivity contribution in [1.29, 1.82) is 0 Å². The molecule has 2 rings (SSSR count). The van der Waals surface area contributed by atoms with Gasteiger partial charge in [-0.2, -0.15) is 5.10 Å². The molecule has 1 heterocycles. The lowest BCUT2D eigenvalue weighted by Gasteiger charge is -2.04. The van der Waals surface area contributed by atoms with Crippen LogP contribution in [0, 0.1) is 11.6 Å². The largest absolute Gasteiger partial charge is 0.267 e. The molecule has 0 radical (unpaired) electrons. The third-order valence-corrected chi connectivity index (χ3v) is 2.18. The third kappa shape index (κ3) is 2.15. The SMILES string of the molecule is Fc1cccc(F)c1Cn1cc(Cl)cn1. The maximum Gasteiger partial charge on any atom is 0.131 e. The molecule has 2 nitrogen and oxygen atoms in total. The van der Waals surface area contributed by atoms with Gasteiger partial charge in [-0.1, -0.05) is 17.7 Å². The molecule has 0 aliphatic heterocycles. The summed E-state index contributed by atoms with van der Waals surface area (Å²) in [5.41, 5.74) is -0.0164. The smallest absolute Gasteiger partial charge is 0.131 e. The Morgan fingerprint density at radius 2 is 1.93 bits per heavy atom. The van der Waals surface area contributed by atoms with Crippen LogP contribution in [-0.2, 0) is 6.54 Å². The molecule has 1 aromatic carbocycles. The molecular weight excluding hydrogens is 222 g/mol. The van der Waals surface area contributed by atoms with Gasteiger partial charge in [0.05, 0.1) is 17.8 Å². The van der Waals surface area contributed by atoms with Gasteiger partial charge in [-0.15, -0.1) is 0 Å². The lowest BCUT2D eigenvalue weighted by Crippen LogP contribution is -2.04. The van der Waals surface area contributed by atoms with Crippen LogP contribution in [0.5, 0.6) is 0 Å². The van der Waals surface area contributed by atoms with E-state index in [1.807, 2.05) is 0 Å². The van der Waals surface area contributed by atoms with Gasteiger partial charge in [0.15, 0.2) is 0 Å². The van der Waals surface area contributed by atoms with E-state index in [1.54, 1.807) is 0 Å². The van der Waals surface area contributed by atoms with Crippen LogP contribution in [0.15, 0.2) is 30.6 Å². The first kappa shape index (κ1) is 10.1. The molecule has 0 amide bonds. The maximum absolute atomic E-state index is 13.2. The Kier molecular flexibility index (Phi) is 2.68. The standard InChI is InChI=1S/C10H7ClF2N2/c11-7-4-14-15(5-7)6-8-9(12)2-1-3-10(8)13/h1-5H,6H2. The molecule has 0 aliphatic carbocycles. The minimum Gasteiger partial charge on any atom is -0.267 e. The van der Waals surface area contributed by atoms with Crippen LogP contribution < -0.4 is 0 Å². The summed E-state index contributed by atoms with van der Waals surface area (Å²) in [5, 5.41) is 4.28. The fraction of sp³-hybridized carbons (Fsp3) is 0.100. The van der Waals surface area contributed by atoms with E-state index >= 15 is 0 Å². The van der Waals surface area contributed by atoms with Crippen molar-refractivity contribution < 1.29 is 8.78 Å². The first-order chi connectivity index (χ1) is 7.16. The van der Waals surface area contributed by atoms with Crippen LogP contribution in [0.25, 0.3) is 0 Å². The van der Waals surface area contributed by atoms with E-state index < -0.39 is 11.6 Å².